The predicted octanol–water partition coefficient (Wildman–Crippen LogP) is 3.25. The molecule has 1 atom stereocenters. The van der Waals surface area contributed by atoms with E-state index < -0.39 is 0 Å². The van der Waals surface area contributed by atoms with Crippen molar-refractivity contribution in [2.24, 2.45) is 16.6 Å². The van der Waals surface area contributed by atoms with Gasteiger partial charge in [0.2, 0.25) is 0 Å². The number of benzene rings is 1. The maximum Gasteiger partial charge on any atom is 0.192 e. The van der Waals surface area contributed by atoms with Gasteiger partial charge in [-0.2, -0.15) is 0 Å². The first-order chi connectivity index (χ1) is 9.00. The fraction of sp³-hybridized carbons (Fsp3) is 0.500. The van der Waals surface area contributed by atoms with Crippen LogP contribution in [0.4, 0.5) is 0 Å². The van der Waals surface area contributed by atoms with Gasteiger partial charge in [-0.05, 0) is 43.4 Å². The van der Waals surface area contributed by atoms with Crippen molar-refractivity contribution in [1.29, 1.82) is 0 Å². The summed E-state index contributed by atoms with van der Waals surface area (Å²) in [6.07, 6.45) is 2.57. The van der Waals surface area contributed by atoms with Crippen LogP contribution in [0.5, 0.6) is 0 Å². The van der Waals surface area contributed by atoms with Crippen LogP contribution in [0.25, 0.3) is 0 Å². The Morgan fingerprint density at radius 1 is 1.42 bits per heavy atom. The van der Waals surface area contributed by atoms with Gasteiger partial charge in [0.15, 0.2) is 5.96 Å². The highest BCUT2D eigenvalue weighted by Crippen LogP contribution is 2.40. The van der Waals surface area contributed by atoms with Gasteiger partial charge in [0, 0.05) is 16.6 Å². The third-order valence-electron chi connectivity index (χ3n) is 4.07. The van der Waals surface area contributed by atoms with Crippen LogP contribution in [0.1, 0.15) is 25.3 Å². The van der Waals surface area contributed by atoms with Gasteiger partial charge in [-0.15, -0.1) is 0 Å². The number of hydrogen-bond acceptors (Lipinski definition) is 3. The van der Waals surface area contributed by atoms with Gasteiger partial charge >= 0.3 is 0 Å². The Balaban J connectivity index is 1.96. The van der Waals surface area contributed by atoms with Gasteiger partial charge in [-0.1, -0.05) is 29.3 Å². The van der Waals surface area contributed by atoms with E-state index in [-0.39, 0.29) is 5.54 Å². The molecule has 1 fully saturated rings. The van der Waals surface area contributed by atoms with E-state index in [4.69, 9.17) is 28.9 Å². The number of rotatable bonds is 3. The second-order valence-electron chi connectivity index (χ2n) is 5.63. The van der Waals surface area contributed by atoms with Crippen LogP contribution < -0.4 is 5.73 Å². The van der Waals surface area contributed by atoms with E-state index in [1.807, 2.05) is 12.1 Å². The Labute approximate surface area is 123 Å². The molecule has 19 heavy (non-hydrogen) atoms. The minimum atomic E-state index is -0.256. The van der Waals surface area contributed by atoms with Gasteiger partial charge in [-0.3, -0.25) is 4.99 Å². The van der Waals surface area contributed by atoms with E-state index in [2.05, 4.69) is 16.8 Å². The molecular weight excluding hydrogens is 281 g/mol. The van der Waals surface area contributed by atoms with Crippen LogP contribution >= 0.6 is 23.2 Å². The van der Waals surface area contributed by atoms with Crippen LogP contribution in [0.3, 0.4) is 0 Å². The molecule has 1 saturated carbocycles. The molecule has 3 nitrogen and oxygen atoms in total. The summed E-state index contributed by atoms with van der Waals surface area (Å²) in [7, 11) is 0. The van der Waals surface area contributed by atoms with Gasteiger partial charge in [0.25, 0.3) is 0 Å². The molecule has 1 aliphatic carbocycles. The molecule has 0 bridgehead atoms. The highest BCUT2D eigenvalue weighted by molar-refractivity contribution is 6.35. The van der Waals surface area contributed by atoms with E-state index in [1.54, 1.807) is 6.07 Å². The van der Waals surface area contributed by atoms with Crippen LogP contribution in [0, 0.1) is 5.92 Å². The Kier molecular flexibility index (Phi) is 3.14. The lowest BCUT2D eigenvalue weighted by molar-refractivity contribution is 0.217. The zero-order chi connectivity index (χ0) is 13.6. The van der Waals surface area contributed by atoms with Crippen molar-refractivity contribution in [3.8, 4) is 0 Å². The molecule has 3 rings (SSSR count). The van der Waals surface area contributed by atoms with E-state index in [9.17, 15) is 0 Å². The van der Waals surface area contributed by atoms with Gasteiger partial charge in [-0.25, -0.2) is 0 Å². The first-order valence-corrected chi connectivity index (χ1v) is 7.29. The summed E-state index contributed by atoms with van der Waals surface area (Å²) in [5.74, 6) is 1.37. The van der Waals surface area contributed by atoms with Gasteiger partial charge in [0.1, 0.15) is 0 Å². The zero-order valence-electron chi connectivity index (χ0n) is 10.9. The molecule has 102 valence electrons. The molecule has 1 aromatic rings. The molecule has 1 aliphatic heterocycles. The third-order valence-corrected chi connectivity index (χ3v) is 4.62. The number of nitrogens with two attached hydrogens (primary N) is 1. The lowest BCUT2D eigenvalue weighted by atomic mass is 9.90. The molecule has 2 N–H and O–H groups in total. The summed E-state index contributed by atoms with van der Waals surface area (Å²) in [6.45, 7) is 3.76. The molecule has 0 radical (unpaired) electrons. The zero-order valence-corrected chi connectivity index (χ0v) is 12.4. The third kappa shape index (κ3) is 2.30. The molecule has 5 heteroatoms. The molecule has 2 aliphatic rings. The minimum Gasteiger partial charge on any atom is -0.370 e. The molecule has 0 amide bonds. The van der Waals surface area contributed by atoms with Crippen LogP contribution in [-0.4, -0.2) is 23.9 Å². The summed E-state index contributed by atoms with van der Waals surface area (Å²) in [5, 5.41) is 1.33. The molecule has 1 aromatic carbocycles. The molecule has 0 aromatic heterocycles. The summed E-state index contributed by atoms with van der Waals surface area (Å²) in [4.78, 5) is 6.61. The van der Waals surface area contributed by atoms with Gasteiger partial charge in [0.05, 0.1) is 12.1 Å². The lowest BCUT2D eigenvalue weighted by Gasteiger charge is -2.37. The first-order valence-electron chi connectivity index (χ1n) is 6.54. The predicted molar refractivity (Wildman–Crippen MR) is 79.7 cm³/mol. The fourth-order valence-electron chi connectivity index (χ4n) is 2.67. The number of hydrogen-bond donors (Lipinski definition) is 1. The van der Waals surface area contributed by atoms with Crippen molar-refractivity contribution in [1.82, 2.24) is 4.90 Å². The Morgan fingerprint density at radius 3 is 2.79 bits per heavy atom. The maximum atomic E-state index is 6.36. The molecule has 0 saturated heterocycles. The average molecular weight is 298 g/mol. The highest BCUT2D eigenvalue weighted by atomic mass is 35.5. The second-order valence-corrected chi connectivity index (χ2v) is 6.47. The number of nitrogens with zero attached hydrogens (tertiary/aromatic N) is 2. The van der Waals surface area contributed by atoms with Crippen molar-refractivity contribution < 1.29 is 0 Å². The Morgan fingerprint density at radius 2 is 2.16 bits per heavy atom. The quantitative estimate of drug-likeness (QED) is 0.930. The fourth-order valence-corrected chi connectivity index (χ4v) is 3.28. The number of aliphatic imine (C=N–C) groups is 1. The number of halogens is 2. The first kappa shape index (κ1) is 13.1. The Hall–Kier alpha value is -0.930. The molecule has 1 unspecified atom stereocenters. The summed E-state index contributed by atoms with van der Waals surface area (Å²) in [6, 6.07) is 5.64. The summed E-state index contributed by atoms with van der Waals surface area (Å²) < 4.78 is 0. The van der Waals surface area contributed by atoms with Crippen molar-refractivity contribution >= 4 is 29.2 Å². The molecular formula is C14H17Cl2N3. The Bertz CT molecular complexity index is 539. The van der Waals surface area contributed by atoms with Crippen molar-refractivity contribution in [2.45, 2.75) is 25.3 Å². The van der Waals surface area contributed by atoms with Crippen molar-refractivity contribution in [3.05, 3.63) is 33.8 Å². The number of guanidine groups is 1. The van der Waals surface area contributed by atoms with Crippen LogP contribution in [0.15, 0.2) is 23.2 Å². The topological polar surface area (TPSA) is 41.6 Å². The SMILES string of the molecule is CC1(c2ccc(Cl)cc2Cl)CN=C(N)N1CC1CC1. The van der Waals surface area contributed by atoms with E-state index >= 15 is 0 Å². The summed E-state index contributed by atoms with van der Waals surface area (Å²) >= 11 is 12.3. The minimum absolute atomic E-state index is 0.256. The second kappa shape index (κ2) is 4.57. The smallest absolute Gasteiger partial charge is 0.192 e. The average Bonchev–Trinajstić information content (AvgIpc) is 3.11. The highest BCUT2D eigenvalue weighted by Gasteiger charge is 2.43. The maximum absolute atomic E-state index is 6.36. The van der Waals surface area contributed by atoms with Crippen molar-refractivity contribution in [3.63, 3.8) is 0 Å². The normalized spacial score (nSPS) is 26.7. The monoisotopic (exact) mass is 297 g/mol. The van der Waals surface area contributed by atoms with Crippen LogP contribution in [-0.2, 0) is 5.54 Å². The standard InChI is InChI=1S/C14H17Cl2N3/c1-14(11-5-4-10(15)6-12(11)16)8-18-13(17)19(14)7-9-2-3-9/h4-6,9H,2-3,7-8H2,1H3,(H2,17,18). The summed E-state index contributed by atoms with van der Waals surface area (Å²) in [5.41, 5.74) is 6.84. The van der Waals surface area contributed by atoms with E-state index in [0.717, 1.165) is 18.0 Å². The van der Waals surface area contributed by atoms with E-state index in [1.165, 1.54) is 12.8 Å². The largest absolute Gasteiger partial charge is 0.370 e. The van der Waals surface area contributed by atoms with E-state index in [0.29, 0.717) is 22.5 Å². The molecule has 0 spiro atoms. The van der Waals surface area contributed by atoms with Gasteiger partial charge < -0.3 is 10.6 Å². The molecule has 1 heterocycles. The lowest BCUT2D eigenvalue weighted by Crippen LogP contribution is -2.48. The van der Waals surface area contributed by atoms with Crippen LogP contribution in [0.2, 0.25) is 10.0 Å². The van der Waals surface area contributed by atoms with Crippen molar-refractivity contribution in [2.75, 3.05) is 13.1 Å².